The molecule has 5 rings (SSSR count). The van der Waals surface area contributed by atoms with Crippen LogP contribution in [0.2, 0.25) is 0 Å². The molecule has 0 atom stereocenters. The van der Waals surface area contributed by atoms with E-state index in [9.17, 15) is 4.79 Å². The summed E-state index contributed by atoms with van der Waals surface area (Å²) in [4.78, 5) is 15.6. The zero-order chi connectivity index (χ0) is 22.1. The van der Waals surface area contributed by atoms with E-state index in [0.717, 1.165) is 72.5 Å². The monoisotopic (exact) mass is 433 g/mol. The molecule has 0 unspecified atom stereocenters. The summed E-state index contributed by atoms with van der Waals surface area (Å²) in [6.45, 7) is 7.85. The van der Waals surface area contributed by atoms with Crippen molar-refractivity contribution in [2.75, 3.05) is 24.8 Å². The summed E-state index contributed by atoms with van der Waals surface area (Å²) in [5.74, 6) is 1.60. The van der Waals surface area contributed by atoms with Gasteiger partial charge in [-0.05, 0) is 74.7 Å². The maximum absolute atomic E-state index is 13.1. The largest absolute Gasteiger partial charge is 0.454 e. The van der Waals surface area contributed by atoms with Gasteiger partial charge in [-0.25, -0.2) is 0 Å². The Kier molecular flexibility index (Phi) is 5.79. The molecule has 0 spiro atoms. The number of rotatable bonds is 6. The van der Waals surface area contributed by atoms with Crippen LogP contribution in [0.5, 0.6) is 11.5 Å². The van der Waals surface area contributed by atoms with Gasteiger partial charge >= 0.3 is 0 Å². The van der Waals surface area contributed by atoms with Crippen LogP contribution in [0, 0.1) is 0 Å². The molecule has 2 aromatic carbocycles. The van der Waals surface area contributed by atoms with Crippen molar-refractivity contribution in [2.45, 2.75) is 52.2 Å². The molecule has 6 nitrogen and oxygen atoms in total. The number of aromatic nitrogens is 1. The molecule has 1 aromatic heterocycles. The first-order valence-corrected chi connectivity index (χ1v) is 11.7. The van der Waals surface area contributed by atoms with Crippen molar-refractivity contribution in [3.05, 3.63) is 63.9 Å². The van der Waals surface area contributed by atoms with E-state index in [1.54, 1.807) is 0 Å². The van der Waals surface area contributed by atoms with Crippen molar-refractivity contribution in [1.82, 2.24) is 9.88 Å². The molecular weight excluding hydrogens is 402 g/mol. The molecule has 3 aromatic rings. The van der Waals surface area contributed by atoms with Crippen molar-refractivity contribution < 1.29 is 9.47 Å². The first-order valence-electron chi connectivity index (χ1n) is 11.7. The number of anilines is 1. The number of pyridine rings is 1. The third-order valence-corrected chi connectivity index (χ3v) is 6.73. The standard InChI is InChI=1S/C26H31N3O3/c1-3-18-5-7-22-21(13-18)23(15-26(30)28(22)4-2)29(20-9-11-27-12-10-20)16-19-6-8-24-25(14-19)32-17-31-24/h5-8,13-15,20,27H,3-4,9-12,16-17H2,1-2H3. The van der Waals surface area contributed by atoms with E-state index in [2.05, 4.69) is 47.5 Å². The molecule has 6 heteroatoms. The number of benzene rings is 2. The predicted molar refractivity (Wildman–Crippen MR) is 128 cm³/mol. The first kappa shape index (κ1) is 20.9. The average Bonchev–Trinajstić information content (AvgIpc) is 3.30. The van der Waals surface area contributed by atoms with Crippen LogP contribution in [0.25, 0.3) is 10.9 Å². The SMILES string of the molecule is CCc1ccc2c(c1)c(N(Cc1ccc3c(c1)OCO3)C1CCNCC1)cc(=O)n2CC. The Balaban J connectivity index is 1.64. The molecule has 2 aliphatic heterocycles. The van der Waals surface area contributed by atoms with E-state index in [0.29, 0.717) is 12.6 Å². The van der Waals surface area contributed by atoms with Crippen LogP contribution in [0.4, 0.5) is 5.69 Å². The minimum Gasteiger partial charge on any atom is -0.454 e. The summed E-state index contributed by atoms with van der Waals surface area (Å²) < 4.78 is 13.0. The average molecular weight is 434 g/mol. The number of nitrogens with zero attached hydrogens (tertiary/aromatic N) is 2. The molecule has 0 radical (unpaired) electrons. The van der Waals surface area contributed by atoms with Crippen LogP contribution < -0.4 is 25.2 Å². The van der Waals surface area contributed by atoms with Gasteiger partial charge in [-0.3, -0.25) is 4.79 Å². The highest BCUT2D eigenvalue weighted by Crippen LogP contribution is 2.35. The fraction of sp³-hybridized carbons (Fsp3) is 0.423. The lowest BCUT2D eigenvalue weighted by Gasteiger charge is -2.37. The fourth-order valence-corrected chi connectivity index (χ4v) is 4.96. The smallest absolute Gasteiger partial charge is 0.253 e. The van der Waals surface area contributed by atoms with Crippen LogP contribution >= 0.6 is 0 Å². The van der Waals surface area contributed by atoms with Gasteiger partial charge in [0.2, 0.25) is 6.79 Å². The molecule has 32 heavy (non-hydrogen) atoms. The van der Waals surface area contributed by atoms with E-state index in [-0.39, 0.29) is 12.4 Å². The van der Waals surface area contributed by atoms with Crippen LogP contribution in [0.15, 0.2) is 47.3 Å². The molecular formula is C26H31N3O3. The van der Waals surface area contributed by atoms with Crippen LogP contribution in [0.3, 0.4) is 0 Å². The molecule has 0 amide bonds. The fourth-order valence-electron chi connectivity index (χ4n) is 4.96. The van der Waals surface area contributed by atoms with Crippen molar-refractivity contribution in [1.29, 1.82) is 0 Å². The quantitative estimate of drug-likeness (QED) is 0.635. The molecule has 3 heterocycles. The number of nitrogens with one attached hydrogen (secondary N) is 1. The van der Waals surface area contributed by atoms with Crippen molar-refractivity contribution in [2.24, 2.45) is 0 Å². The number of fused-ring (bicyclic) bond motifs is 2. The van der Waals surface area contributed by atoms with Crippen molar-refractivity contribution >= 4 is 16.6 Å². The van der Waals surface area contributed by atoms with E-state index >= 15 is 0 Å². The van der Waals surface area contributed by atoms with Gasteiger partial charge in [-0.1, -0.05) is 19.1 Å². The molecule has 1 N–H and O–H groups in total. The molecule has 1 saturated heterocycles. The summed E-state index contributed by atoms with van der Waals surface area (Å²) in [6, 6.07) is 14.9. The molecule has 1 fully saturated rings. The first-order chi connectivity index (χ1) is 15.7. The predicted octanol–water partition coefficient (Wildman–Crippen LogP) is 4.07. The summed E-state index contributed by atoms with van der Waals surface area (Å²) in [7, 11) is 0. The number of aryl methyl sites for hydroxylation is 2. The van der Waals surface area contributed by atoms with Crippen LogP contribution in [0.1, 0.15) is 37.8 Å². The highest BCUT2D eigenvalue weighted by molar-refractivity contribution is 5.92. The van der Waals surface area contributed by atoms with Crippen molar-refractivity contribution in [3.8, 4) is 11.5 Å². The zero-order valence-electron chi connectivity index (χ0n) is 18.9. The van der Waals surface area contributed by atoms with E-state index < -0.39 is 0 Å². The van der Waals surface area contributed by atoms with Gasteiger partial charge in [0.1, 0.15) is 0 Å². The van der Waals surface area contributed by atoms with Crippen LogP contribution in [-0.4, -0.2) is 30.5 Å². The second kappa shape index (κ2) is 8.87. The van der Waals surface area contributed by atoms with Gasteiger partial charge in [0.15, 0.2) is 11.5 Å². The summed E-state index contributed by atoms with van der Waals surface area (Å²) in [6.07, 6.45) is 3.07. The summed E-state index contributed by atoms with van der Waals surface area (Å²) in [5, 5.41) is 4.63. The Hall–Kier alpha value is -2.99. The lowest BCUT2D eigenvalue weighted by molar-refractivity contribution is 0.174. The third kappa shape index (κ3) is 3.84. The lowest BCUT2D eigenvalue weighted by atomic mass is 10.00. The Morgan fingerprint density at radius 1 is 1.00 bits per heavy atom. The molecule has 2 aliphatic rings. The third-order valence-electron chi connectivity index (χ3n) is 6.73. The van der Waals surface area contributed by atoms with Crippen molar-refractivity contribution in [3.63, 3.8) is 0 Å². The number of piperidine rings is 1. The Bertz CT molecular complexity index is 1180. The summed E-state index contributed by atoms with van der Waals surface area (Å²) >= 11 is 0. The van der Waals surface area contributed by atoms with E-state index in [1.807, 2.05) is 23.6 Å². The maximum Gasteiger partial charge on any atom is 0.253 e. The van der Waals surface area contributed by atoms with E-state index in [1.165, 1.54) is 5.56 Å². The zero-order valence-corrected chi connectivity index (χ0v) is 18.9. The van der Waals surface area contributed by atoms with Gasteiger partial charge in [0, 0.05) is 30.6 Å². The normalized spacial score (nSPS) is 15.9. The second-order valence-electron chi connectivity index (χ2n) is 8.61. The highest BCUT2D eigenvalue weighted by Gasteiger charge is 2.25. The number of hydrogen-bond acceptors (Lipinski definition) is 5. The van der Waals surface area contributed by atoms with Gasteiger partial charge in [0.25, 0.3) is 5.56 Å². The molecule has 168 valence electrons. The lowest BCUT2D eigenvalue weighted by Crippen LogP contribution is -2.43. The minimum atomic E-state index is 0.0591. The van der Waals surface area contributed by atoms with E-state index in [4.69, 9.17) is 9.47 Å². The topological polar surface area (TPSA) is 55.7 Å². The van der Waals surface area contributed by atoms with Gasteiger partial charge in [0.05, 0.1) is 11.2 Å². The van der Waals surface area contributed by atoms with Gasteiger partial charge in [-0.15, -0.1) is 0 Å². The second-order valence-corrected chi connectivity index (χ2v) is 8.61. The Morgan fingerprint density at radius 3 is 2.56 bits per heavy atom. The summed E-state index contributed by atoms with van der Waals surface area (Å²) in [5.41, 5.74) is 4.55. The maximum atomic E-state index is 13.1. The Morgan fingerprint density at radius 2 is 1.78 bits per heavy atom. The molecule has 0 saturated carbocycles. The molecule has 0 aliphatic carbocycles. The van der Waals surface area contributed by atoms with Gasteiger partial charge in [-0.2, -0.15) is 0 Å². The Labute approximate surface area is 188 Å². The number of ether oxygens (including phenoxy) is 2. The van der Waals surface area contributed by atoms with Crippen LogP contribution in [-0.2, 0) is 19.5 Å². The number of hydrogen-bond donors (Lipinski definition) is 1. The minimum absolute atomic E-state index is 0.0591. The molecule has 0 bridgehead atoms. The highest BCUT2D eigenvalue weighted by atomic mass is 16.7. The van der Waals surface area contributed by atoms with Gasteiger partial charge < -0.3 is 24.3 Å².